The first-order chi connectivity index (χ1) is 9.93. The molecule has 0 bridgehead atoms. The Balaban J connectivity index is 2.21. The van der Waals surface area contributed by atoms with Gasteiger partial charge in [0.2, 0.25) is 0 Å². The average Bonchev–Trinajstić information content (AvgIpc) is 2.46. The van der Waals surface area contributed by atoms with Gasteiger partial charge in [0.05, 0.1) is 4.47 Å². The van der Waals surface area contributed by atoms with Gasteiger partial charge < -0.3 is 10.2 Å². The van der Waals surface area contributed by atoms with Crippen molar-refractivity contribution in [3.8, 4) is 0 Å². The van der Waals surface area contributed by atoms with E-state index in [2.05, 4.69) is 45.1 Å². The zero-order valence-corrected chi connectivity index (χ0v) is 14.3. The van der Waals surface area contributed by atoms with Gasteiger partial charge in [0.1, 0.15) is 11.6 Å². The predicted octanol–water partition coefficient (Wildman–Crippen LogP) is 2.10. The van der Waals surface area contributed by atoms with Crippen LogP contribution in [-0.2, 0) is 6.42 Å². The zero-order chi connectivity index (χ0) is 15.6. The minimum Gasteiger partial charge on any atom is -0.315 e. The Kier molecular flexibility index (Phi) is 5.71. The fraction of sp³-hybridized carbons (Fsp3) is 0.600. The number of halogens is 3. The quantitative estimate of drug-likeness (QED) is 0.828. The van der Waals surface area contributed by atoms with E-state index in [4.69, 9.17) is 0 Å². The second-order valence-electron chi connectivity index (χ2n) is 5.73. The first kappa shape index (κ1) is 16.8. The minimum absolute atomic E-state index is 0.00366. The standard InChI is InChI=1S/C15H22BrF2N3/c1-19-13(14-9-20(2)6-7-21(14)3)8-10-12(17)5-4-11(16)15(10)18/h4-5,13-14,19H,6-9H2,1-3H3. The van der Waals surface area contributed by atoms with E-state index >= 15 is 0 Å². The number of rotatable bonds is 4. The first-order valence-electron chi connectivity index (χ1n) is 7.12. The summed E-state index contributed by atoms with van der Waals surface area (Å²) in [5.74, 6) is -0.982. The number of likely N-dealkylation sites (N-methyl/N-ethyl adjacent to an activating group) is 3. The number of hydrogen-bond donors (Lipinski definition) is 1. The monoisotopic (exact) mass is 361 g/mol. The van der Waals surface area contributed by atoms with Crippen molar-refractivity contribution in [2.24, 2.45) is 0 Å². The Morgan fingerprint density at radius 1 is 1.33 bits per heavy atom. The molecule has 1 aliphatic rings. The van der Waals surface area contributed by atoms with Crippen LogP contribution in [0.5, 0.6) is 0 Å². The van der Waals surface area contributed by atoms with Crippen molar-refractivity contribution in [3.05, 3.63) is 33.8 Å². The molecule has 1 aromatic rings. The van der Waals surface area contributed by atoms with Crippen LogP contribution in [0.15, 0.2) is 16.6 Å². The van der Waals surface area contributed by atoms with Crippen LogP contribution >= 0.6 is 15.9 Å². The third-order valence-corrected chi connectivity index (χ3v) is 4.91. The van der Waals surface area contributed by atoms with E-state index in [1.807, 2.05) is 7.05 Å². The number of benzene rings is 1. The van der Waals surface area contributed by atoms with Gasteiger partial charge in [0, 0.05) is 37.3 Å². The van der Waals surface area contributed by atoms with Crippen LogP contribution in [0.2, 0.25) is 0 Å². The van der Waals surface area contributed by atoms with Gasteiger partial charge in [-0.05, 0) is 55.6 Å². The van der Waals surface area contributed by atoms with Crippen molar-refractivity contribution >= 4 is 15.9 Å². The molecule has 1 saturated heterocycles. The maximum absolute atomic E-state index is 14.2. The number of hydrogen-bond acceptors (Lipinski definition) is 3. The third kappa shape index (κ3) is 3.80. The van der Waals surface area contributed by atoms with Crippen LogP contribution in [0.1, 0.15) is 5.56 Å². The minimum atomic E-state index is -0.498. The van der Waals surface area contributed by atoms with E-state index in [9.17, 15) is 8.78 Å². The molecule has 6 heteroatoms. The summed E-state index contributed by atoms with van der Waals surface area (Å²) < 4.78 is 28.4. The molecular weight excluding hydrogens is 340 g/mol. The van der Waals surface area contributed by atoms with Crippen LogP contribution in [0, 0.1) is 11.6 Å². The second kappa shape index (κ2) is 7.13. The van der Waals surface area contributed by atoms with Crippen molar-refractivity contribution in [1.82, 2.24) is 15.1 Å². The molecule has 0 radical (unpaired) electrons. The SMILES string of the molecule is CNC(Cc1c(F)ccc(Br)c1F)C1CN(C)CCN1C. The van der Waals surface area contributed by atoms with Gasteiger partial charge in [-0.15, -0.1) is 0 Å². The summed E-state index contributed by atoms with van der Waals surface area (Å²) in [7, 11) is 5.99. The Labute approximate surface area is 133 Å². The molecule has 1 heterocycles. The number of piperazine rings is 1. The Bertz CT molecular complexity index is 498. The largest absolute Gasteiger partial charge is 0.315 e. The smallest absolute Gasteiger partial charge is 0.143 e. The molecule has 1 fully saturated rings. The second-order valence-corrected chi connectivity index (χ2v) is 6.59. The first-order valence-corrected chi connectivity index (χ1v) is 7.91. The molecule has 2 rings (SSSR count). The Morgan fingerprint density at radius 3 is 2.71 bits per heavy atom. The summed E-state index contributed by atoms with van der Waals surface area (Å²) in [6, 6.07) is 2.94. The molecule has 1 aliphatic heterocycles. The van der Waals surface area contributed by atoms with Crippen molar-refractivity contribution < 1.29 is 8.78 Å². The molecule has 0 amide bonds. The highest BCUT2D eigenvalue weighted by molar-refractivity contribution is 9.10. The van der Waals surface area contributed by atoms with Crippen LogP contribution < -0.4 is 5.32 Å². The summed E-state index contributed by atoms with van der Waals surface area (Å²) in [6.45, 7) is 2.87. The van der Waals surface area contributed by atoms with E-state index in [-0.39, 0.29) is 17.6 Å². The van der Waals surface area contributed by atoms with Gasteiger partial charge >= 0.3 is 0 Å². The topological polar surface area (TPSA) is 18.5 Å². The lowest BCUT2D eigenvalue weighted by Gasteiger charge is -2.42. The Hall–Kier alpha value is -0.560. The third-order valence-electron chi connectivity index (χ3n) is 4.30. The van der Waals surface area contributed by atoms with Crippen LogP contribution in [0.3, 0.4) is 0 Å². The van der Waals surface area contributed by atoms with E-state index in [1.165, 1.54) is 12.1 Å². The van der Waals surface area contributed by atoms with Crippen molar-refractivity contribution in [2.75, 3.05) is 40.8 Å². The van der Waals surface area contributed by atoms with Crippen molar-refractivity contribution in [3.63, 3.8) is 0 Å². The molecule has 1 aromatic carbocycles. The molecule has 0 spiro atoms. The van der Waals surface area contributed by atoms with Crippen LogP contribution in [0.25, 0.3) is 0 Å². The van der Waals surface area contributed by atoms with Gasteiger partial charge in [0.25, 0.3) is 0 Å². The lowest BCUT2D eigenvalue weighted by atomic mass is 9.96. The van der Waals surface area contributed by atoms with E-state index < -0.39 is 11.6 Å². The highest BCUT2D eigenvalue weighted by atomic mass is 79.9. The molecule has 2 unspecified atom stereocenters. The summed E-state index contributed by atoms with van der Waals surface area (Å²) >= 11 is 3.13. The Morgan fingerprint density at radius 2 is 2.05 bits per heavy atom. The van der Waals surface area contributed by atoms with Crippen molar-refractivity contribution in [1.29, 1.82) is 0 Å². The van der Waals surface area contributed by atoms with Gasteiger partial charge in [0.15, 0.2) is 0 Å². The molecule has 0 saturated carbocycles. The zero-order valence-electron chi connectivity index (χ0n) is 12.7. The summed E-state index contributed by atoms with van der Waals surface area (Å²) in [5.41, 5.74) is 0.144. The van der Waals surface area contributed by atoms with Crippen LogP contribution in [-0.4, -0.2) is 62.7 Å². The molecule has 2 atom stereocenters. The lowest BCUT2D eigenvalue weighted by molar-refractivity contribution is 0.0892. The normalized spacial score (nSPS) is 22.5. The predicted molar refractivity (Wildman–Crippen MR) is 84.5 cm³/mol. The van der Waals surface area contributed by atoms with Crippen LogP contribution in [0.4, 0.5) is 8.78 Å². The molecular formula is C15H22BrF2N3. The summed E-state index contributed by atoms with van der Waals surface area (Å²) in [6.07, 6.45) is 0.330. The van der Waals surface area contributed by atoms with Gasteiger partial charge in [-0.1, -0.05) is 0 Å². The highest BCUT2D eigenvalue weighted by Crippen LogP contribution is 2.24. The molecule has 0 aromatic heterocycles. The van der Waals surface area contributed by atoms with Gasteiger partial charge in [-0.2, -0.15) is 0 Å². The van der Waals surface area contributed by atoms with E-state index in [0.29, 0.717) is 10.9 Å². The molecule has 0 aliphatic carbocycles. The fourth-order valence-electron chi connectivity index (χ4n) is 2.89. The average molecular weight is 362 g/mol. The van der Waals surface area contributed by atoms with Gasteiger partial charge in [-0.3, -0.25) is 4.90 Å². The number of nitrogens with zero attached hydrogens (tertiary/aromatic N) is 2. The molecule has 3 nitrogen and oxygen atoms in total. The van der Waals surface area contributed by atoms with Crippen molar-refractivity contribution in [2.45, 2.75) is 18.5 Å². The molecule has 21 heavy (non-hydrogen) atoms. The fourth-order valence-corrected chi connectivity index (χ4v) is 3.26. The highest BCUT2D eigenvalue weighted by Gasteiger charge is 2.30. The maximum atomic E-state index is 14.2. The van der Waals surface area contributed by atoms with Gasteiger partial charge in [-0.25, -0.2) is 8.78 Å². The summed E-state index contributed by atoms with van der Waals surface area (Å²) in [4.78, 5) is 4.51. The van der Waals surface area contributed by atoms with E-state index in [0.717, 1.165) is 19.6 Å². The summed E-state index contributed by atoms with van der Waals surface area (Å²) in [5, 5.41) is 3.23. The lowest BCUT2D eigenvalue weighted by Crippen LogP contribution is -2.58. The van der Waals surface area contributed by atoms with E-state index in [1.54, 1.807) is 0 Å². The maximum Gasteiger partial charge on any atom is 0.143 e. The molecule has 1 N–H and O–H groups in total. The number of nitrogens with one attached hydrogen (secondary N) is 1. The molecule has 118 valence electrons.